The van der Waals surface area contributed by atoms with Gasteiger partial charge in [-0.2, -0.15) is 0 Å². The van der Waals surface area contributed by atoms with Crippen molar-refractivity contribution < 1.29 is 28.8 Å². The molecule has 8 nitrogen and oxygen atoms in total. The molecule has 1 N–H and O–H groups in total. The van der Waals surface area contributed by atoms with Crippen LogP contribution in [-0.2, 0) is 4.74 Å². The van der Waals surface area contributed by atoms with Crippen molar-refractivity contribution in [2.24, 2.45) is 0 Å². The Labute approximate surface area is 171 Å². The Bertz CT molecular complexity index is 706. The zero-order chi connectivity index (χ0) is 20.2. The largest absolute Gasteiger partial charge is 0.486 e. The number of piperidine rings is 2. The molecular formula is C21H30N2O6. The van der Waals surface area contributed by atoms with Crippen LogP contribution in [0.25, 0.3) is 0 Å². The number of likely N-dealkylation sites (tertiary alicyclic amines) is 2. The third-order valence-electron chi connectivity index (χ3n) is 5.87. The van der Waals surface area contributed by atoms with Crippen LogP contribution in [0.1, 0.15) is 26.2 Å². The van der Waals surface area contributed by atoms with Crippen molar-refractivity contribution >= 4 is 6.09 Å². The number of para-hydroxylation sites is 1. The fourth-order valence-electron chi connectivity index (χ4n) is 4.33. The number of ether oxygens (including phenoxy) is 4. The smallest absolute Gasteiger partial charge is 0.409 e. The molecule has 1 aromatic rings. The Kier molecular flexibility index (Phi) is 6.30. The van der Waals surface area contributed by atoms with Gasteiger partial charge in [-0.25, -0.2) is 4.79 Å². The van der Waals surface area contributed by atoms with E-state index in [0.29, 0.717) is 62.7 Å². The van der Waals surface area contributed by atoms with E-state index in [0.717, 1.165) is 25.8 Å². The lowest BCUT2D eigenvalue weighted by atomic mass is 9.97. The number of nitrogens with zero attached hydrogens (tertiary/aromatic N) is 2. The molecule has 2 fully saturated rings. The first-order chi connectivity index (χ1) is 14.2. The lowest BCUT2D eigenvalue weighted by Crippen LogP contribution is -2.55. The minimum atomic E-state index is -0.577. The van der Waals surface area contributed by atoms with E-state index in [1.165, 1.54) is 0 Å². The van der Waals surface area contributed by atoms with Gasteiger partial charge in [-0.1, -0.05) is 6.07 Å². The summed E-state index contributed by atoms with van der Waals surface area (Å²) in [5.74, 6) is 1.94. The Morgan fingerprint density at radius 3 is 2.72 bits per heavy atom. The molecule has 3 heterocycles. The number of carbonyl (C=O) groups is 1. The van der Waals surface area contributed by atoms with Crippen LogP contribution in [0.4, 0.5) is 4.79 Å². The quantitative estimate of drug-likeness (QED) is 0.818. The van der Waals surface area contributed by atoms with Crippen molar-refractivity contribution in [2.75, 3.05) is 46.0 Å². The van der Waals surface area contributed by atoms with Crippen LogP contribution in [0.5, 0.6) is 17.2 Å². The van der Waals surface area contributed by atoms with E-state index in [4.69, 9.17) is 18.9 Å². The summed E-state index contributed by atoms with van der Waals surface area (Å²) in [4.78, 5) is 16.0. The highest BCUT2D eigenvalue weighted by atomic mass is 16.6. The van der Waals surface area contributed by atoms with Crippen LogP contribution >= 0.6 is 0 Å². The summed E-state index contributed by atoms with van der Waals surface area (Å²) in [5.41, 5.74) is 0. The third kappa shape index (κ3) is 4.53. The van der Waals surface area contributed by atoms with Crippen molar-refractivity contribution in [1.29, 1.82) is 0 Å². The number of hydrogen-bond acceptors (Lipinski definition) is 7. The van der Waals surface area contributed by atoms with Crippen LogP contribution in [0.3, 0.4) is 0 Å². The first-order valence-electron chi connectivity index (χ1n) is 10.5. The number of aliphatic hydroxyl groups is 1. The molecule has 2 saturated heterocycles. The standard InChI is InChI=1S/C21H30N2O6/c1-2-26-21(25)22-9-6-15(7-10-22)23-11-8-17(16(24)14-23)29-19-5-3-4-18-20(19)28-13-12-27-18/h3-5,15-17,24H,2,6-14H2,1H3/t16-,17-/m1/s1. The summed E-state index contributed by atoms with van der Waals surface area (Å²) in [7, 11) is 0. The van der Waals surface area contributed by atoms with E-state index >= 15 is 0 Å². The number of benzene rings is 1. The summed E-state index contributed by atoms with van der Waals surface area (Å²) < 4.78 is 22.5. The van der Waals surface area contributed by atoms with E-state index in [1.807, 2.05) is 25.1 Å². The predicted molar refractivity (Wildman–Crippen MR) is 106 cm³/mol. The van der Waals surface area contributed by atoms with Gasteiger partial charge in [-0.05, 0) is 38.3 Å². The lowest BCUT2D eigenvalue weighted by Gasteiger charge is -2.43. The number of rotatable bonds is 4. The second kappa shape index (κ2) is 9.09. The van der Waals surface area contributed by atoms with Crippen LogP contribution in [0.15, 0.2) is 18.2 Å². The molecule has 1 amide bonds. The Hall–Kier alpha value is -2.19. The molecule has 160 valence electrons. The fraction of sp³-hybridized carbons (Fsp3) is 0.667. The Morgan fingerprint density at radius 1 is 1.17 bits per heavy atom. The minimum Gasteiger partial charge on any atom is -0.486 e. The van der Waals surface area contributed by atoms with Gasteiger partial charge in [0, 0.05) is 32.2 Å². The van der Waals surface area contributed by atoms with Crippen molar-refractivity contribution in [3.8, 4) is 17.2 Å². The van der Waals surface area contributed by atoms with Gasteiger partial charge in [-0.3, -0.25) is 4.90 Å². The summed E-state index contributed by atoms with van der Waals surface area (Å²) in [6.07, 6.45) is 1.46. The maximum atomic E-state index is 11.9. The Balaban J connectivity index is 1.30. The zero-order valence-electron chi connectivity index (χ0n) is 16.9. The van der Waals surface area contributed by atoms with E-state index in [-0.39, 0.29) is 12.2 Å². The highest BCUT2D eigenvalue weighted by Gasteiger charge is 2.35. The molecule has 29 heavy (non-hydrogen) atoms. The molecule has 0 bridgehead atoms. The number of carbonyl (C=O) groups excluding carboxylic acids is 1. The van der Waals surface area contributed by atoms with Crippen LogP contribution in [0.2, 0.25) is 0 Å². The molecular weight excluding hydrogens is 376 g/mol. The predicted octanol–water partition coefficient (Wildman–Crippen LogP) is 1.89. The number of aliphatic hydroxyl groups excluding tert-OH is 1. The molecule has 0 radical (unpaired) electrons. The highest BCUT2D eigenvalue weighted by Crippen LogP contribution is 2.40. The first kappa shape index (κ1) is 20.1. The van der Waals surface area contributed by atoms with Gasteiger partial charge >= 0.3 is 6.09 Å². The summed E-state index contributed by atoms with van der Waals surface area (Å²) >= 11 is 0. The van der Waals surface area contributed by atoms with E-state index < -0.39 is 6.10 Å². The fourth-order valence-corrected chi connectivity index (χ4v) is 4.33. The molecule has 0 saturated carbocycles. The number of amides is 1. The van der Waals surface area contributed by atoms with Gasteiger partial charge in [0.05, 0.1) is 6.61 Å². The molecule has 3 aliphatic heterocycles. The molecule has 3 aliphatic rings. The molecule has 0 aliphatic carbocycles. The average Bonchev–Trinajstić information content (AvgIpc) is 2.76. The van der Waals surface area contributed by atoms with E-state index in [1.54, 1.807) is 4.90 Å². The number of hydrogen-bond donors (Lipinski definition) is 1. The van der Waals surface area contributed by atoms with Gasteiger partial charge in [0.15, 0.2) is 11.5 Å². The SMILES string of the molecule is CCOC(=O)N1CCC(N2CC[C@@H](Oc3cccc4c3OCCO4)[C@H](O)C2)CC1. The normalized spacial score (nSPS) is 25.5. The third-order valence-corrected chi connectivity index (χ3v) is 5.87. The van der Waals surface area contributed by atoms with Crippen molar-refractivity contribution in [2.45, 2.75) is 44.4 Å². The first-order valence-corrected chi connectivity index (χ1v) is 10.5. The lowest BCUT2D eigenvalue weighted by molar-refractivity contribution is -0.0455. The summed E-state index contributed by atoms with van der Waals surface area (Å²) in [6.45, 7) is 6.08. The van der Waals surface area contributed by atoms with Crippen LogP contribution in [0, 0.1) is 0 Å². The monoisotopic (exact) mass is 406 g/mol. The topological polar surface area (TPSA) is 80.7 Å². The summed E-state index contributed by atoms with van der Waals surface area (Å²) in [5, 5.41) is 10.7. The highest BCUT2D eigenvalue weighted by molar-refractivity contribution is 5.67. The van der Waals surface area contributed by atoms with Crippen molar-refractivity contribution in [3.05, 3.63) is 18.2 Å². The molecule has 2 atom stereocenters. The van der Waals surface area contributed by atoms with Crippen molar-refractivity contribution in [3.63, 3.8) is 0 Å². The average molecular weight is 406 g/mol. The van der Waals surface area contributed by atoms with Crippen LogP contribution < -0.4 is 14.2 Å². The molecule has 4 rings (SSSR count). The van der Waals surface area contributed by atoms with Crippen LogP contribution in [-0.4, -0.2) is 85.2 Å². The van der Waals surface area contributed by atoms with E-state index in [9.17, 15) is 9.90 Å². The maximum absolute atomic E-state index is 11.9. The zero-order valence-corrected chi connectivity index (χ0v) is 16.9. The second-order valence-corrected chi connectivity index (χ2v) is 7.70. The maximum Gasteiger partial charge on any atom is 0.409 e. The van der Waals surface area contributed by atoms with Gasteiger partial charge in [-0.15, -0.1) is 0 Å². The molecule has 0 unspecified atom stereocenters. The number of fused-ring (bicyclic) bond motifs is 1. The van der Waals surface area contributed by atoms with Gasteiger partial charge < -0.3 is 29.0 Å². The minimum absolute atomic E-state index is 0.226. The number of β-amino-alcohol motifs (C(OH)–C–C–N with tert-alkyl or cyclic N) is 1. The summed E-state index contributed by atoms with van der Waals surface area (Å²) in [6, 6.07) is 5.97. The van der Waals surface area contributed by atoms with Gasteiger partial charge in [0.1, 0.15) is 25.4 Å². The van der Waals surface area contributed by atoms with E-state index in [2.05, 4.69) is 4.90 Å². The molecule has 0 spiro atoms. The van der Waals surface area contributed by atoms with Crippen molar-refractivity contribution in [1.82, 2.24) is 9.80 Å². The van der Waals surface area contributed by atoms with Gasteiger partial charge in [0.25, 0.3) is 0 Å². The molecule has 8 heteroatoms. The Morgan fingerprint density at radius 2 is 1.97 bits per heavy atom. The molecule has 0 aromatic heterocycles. The second-order valence-electron chi connectivity index (χ2n) is 7.70. The molecule has 1 aromatic carbocycles. The van der Waals surface area contributed by atoms with Gasteiger partial charge in [0.2, 0.25) is 5.75 Å².